The smallest absolute Gasteiger partial charge is 0.350 e. The molecule has 2 saturated heterocycles. The third-order valence-electron chi connectivity index (χ3n) is 4.24. The molecular formula is C13H25F2IN4O3S. The van der Waals surface area contributed by atoms with E-state index in [4.69, 9.17) is 10.5 Å². The molecule has 142 valence electrons. The number of hydrogen-bond acceptors (Lipinski definition) is 4. The normalized spacial score (nSPS) is 24.9. The summed E-state index contributed by atoms with van der Waals surface area (Å²) >= 11 is 0. The highest BCUT2D eigenvalue weighted by atomic mass is 127. The Hall–Kier alpha value is -0.270. The Morgan fingerprint density at radius 1 is 1.33 bits per heavy atom. The molecule has 0 bridgehead atoms. The van der Waals surface area contributed by atoms with E-state index in [9.17, 15) is 17.2 Å². The van der Waals surface area contributed by atoms with Crippen LogP contribution < -0.4 is 5.73 Å². The first kappa shape index (κ1) is 21.8. The van der Waals surface area contributed by atoms with Crippen LogP contribution in [0.15, 0.2) is 4.99 Å². The summed E-state index contributed by atoms with van der Waals surface area (Å²) in [4.78, 5) is 6.34. The lowest BCUT2D eigenvalue weighted by Gasteiger charge is -2.33. The minimum Gasteiger partial charge on any atom is -0.375 e. The maximum atomic E-state index is 12.5. The van der Waals surface area contributed by atoms with Crippen molar-refractivity contribution in [3.05, 3.63) is 0 Å². The highest BCUT2D eigenvalue weighted by Crippen LogP contribution is 2.22. The fourth-order valence-electron chi connectivity index (χ4n) is 2.81. The van der Waals surface area contributed by atoms with Gasteiger partial charge in [-0.05, 0) is 25.7 Å². The molecule has 7 nitrogen and oxygen atoms in total. The highest BCUT2D eigenvalue weighted by molar-refractivity contribution is 14.0. The topological polar surface area (TPSA) is 88.2 Å². The second-order valence-corrected chi connectivity index (χ2v) is 7.88. The van der Waals surface area contributed by atoms with E-state index in [0.717, 1.165) is 4.31 Å². The number of piperidine rings is 1. The Labute approximate surface area is 158 Å². The summed E-state index contributed by atoms with van der Waals surface area (Å²) in [5.41, 5.74) is 5.98. The zero-order chi connectivity index (χ0) is 17.0. The van der Waals surface area contributed by atoms with Crippen LogP contribution in [0.3, 0.4) is 0 Å². The molecule has 0 radical (unpaired) electrons. The van der Waals surface area contributed by atoms with Crippen molar-refractivity contribution in [2.24, 2.45) is 16.6 Å². The molecule has 0 amide bonds. The summed E-state index contributed by atoms with van der Waals surface area (Å²) in [6.07, 6.45) is 1.14. The van der Waals surface area contributed by atoms with E-state index in [0.29, 0.717) is 45.0 Å². The number of nitrogens with zero attached hydrogens (tertiary/aromatic N) is 3. The van der Waals surface area contributed by atoms with Gasteiger partial charge in [-0.15, -0.1) is 24.0 Å². The van der Waals surface area contributed by atoms with Crippen molar-refractivity contribution >= 4 is 40.0 Å². The number of ether oxygens (including phenoxy) is 1. The largest absolute Gasteiger partial charge is 0.375 e. The Kier molecular flexibility index (Phi) is 8.56. The van der Waals surface area contributed by atoms with Gasteiger partial charge in [0.25, 0.3) is 10.0 Å². The number of rotatable bonds is 4. The molecule has 1 unspecified atom stereocenters. The van der Waals surface area contributed by atoms with Crippen molar-refractivity contribution in [3.63, 3.8) is 0 Å². The van der Waals surface area contributed by atoms with E-state index in [1.807, 2.05) is 11.8 Å². The molecular weight excluding hydrogens is 457 g/mol. The number of hydrogen-bond donors (Lipinski definition) is 1. The summed E-state index contributed by atoms with van der Waals surface area (Å²) in [6, 6.07) is 0. The molecule has 0 spiro atoms. The van der Waals surface area contributed by atoms with Crippen LogP contribution in [0.5, 0.6) is 0 Å². The van der Waals surface area contributed by atoms with Crippen molar-refractivity contribution in [2.45, 2.75) is 31.6 Å². The number of sulfonamides is 1. The predicted octanol–water partition coefficient (Wildman–Crippen LogP) is 0.904. The van der Waals surface area contributed by atoms with E-state index in [1.54, 1.807) is 0 Å². The highest BCUT2D eigenvalue weighted by Gasteiger charge is 2.34. The zero-order valence-electron chi connectivity index (χ0n) is 13.6. The van der Waals surface area contributed by atoms with Gasteiger partial charge in [-0.3, -0.25) is 4.99 Å². The molecule has 0 aromatic rings. The van der Waals surface area contributed by atoms with Crippen LogP contribution in [0.2, 0.25) is 0 Å². The summed E-state index contributed by atoms with van der Waals surface area (Å²) in [7, 11) is -4.46. The van der Waals surface area contributed by atoms with Crippen molar-refractivity contribution in [3.8, 4) is 0 Å². The van der Waals surface area contributed by atoms with Crippen LogP contribution in [0.1, 0.15) is 19.8 Å². The molecule has 2 aliphatic rings. The monoisotopic (exact) mass is 482 g/mol. The standard InChI is InChI=1S/C13H24F2N4O3S.HI/c1-10-9-18(6-7-22-10)13(16)17-8-11-2-4-19(5-3-11)23(20,21)12(14)15;/h10-12H,2-9H2,1H3,(H2,16,17);1H. The van der Waals surface area contributed by atoms with Gasteiger partial charge in [0.2, 0.25) is 0 Å². The molecule has 0 aliphatic carbocycles. The first-order valence-electron chi connectivity index (χ1n) is 7.74. The Bertz CT molecular complexity index is 527. The predicted molar refractivity (Wildman–Crippen MR) is 98.1 cm³/mol. The number of aliphatic imine (C=N–C) groups is 1. The minimum atomic E-state index is -4.46. The molecule has 2 N–H and O–H groups in total. The van der Waals surface area contributed by atoms with Crippen LogP contribution in [0.4, 0.5) is 8.78 Å². The fourth-order valence-corrected chi connectivity index (χ4v) is 3.75. The van der Waals surface area contributed by atoms with E-state index < -0.39 is 15.8 Å². The number of morpholine rings is 1. The summed E-state index contributed by atoms with van der Waals surface area (Å²) in [5, 5.41) is 0. The summed E-state index contributed by atoms with van der Waals surface area (Å²) in [6.45, 7) is 4.69. The minimum absolute atomic E-state index is 0. The second kappa shape index (κ2) is 9.43. The number of halogens is 3. The molecule has 2 fully saturated rings. The summed E-state index contributed by atoms with van der Waals surface area (Å²) < 4.78 is 54.1. The maximum absolute atomic E-state index is 12.5. The lowest BCUT2D eigenvalue weighted by Crippen LogP contribution is -2.48. The second-order valence-electron chi connectivity index (χ2n) is 5.97. The third-order valence-corrected chi connectivity index (χ3v) is 5.77. The molecule has 0 saturated carbocycles. The third kappa shape index (κ3) is 5.63. The molecule has 24 heavy (non-hydrogen) atoms. The van der Waals surface area contributed by atoms with Crippen molar-refractivity contribution in [2.75, 3.05) is 39.3 Å². The molecule has 11 heteroatoms. The lowest BCUT2D eigenvalue weighted by atomic mass is 9.98. The average Bonchev–Trinajstić information content (AvgIpc) is 2.52. The van der Waals surface area contributed by atoms with Crippen LogP contribution in [-0.2, 0) is 14.8 Å². The van der Waals surface area contributed by atoms with Gasteiger partial charge in [0.15, 0.2) is 5.96 Å². The van der Waals surface area contributed by atoms with Crippen molar-refractivity contribution in [1.82, 2.24) is 9.21 Å². The Morgan fingerprint density at radius 2 is 1.96 bits per heavy atom. The van der Waals surface area contributed by atoms with Gasteiger partial charge in [0.05, 0.1) is 12.7 Å². The molecule has 0 aromatic heterocycles. The maximum Gasteiger partial charge on any atom is 0.350 e. The number of nitrogens with two attached hydrogens (primary N) is 1. The van der Waals surface area contributed by atoms with Crippen molar-refractivity contribution < 1.29 is 21.9 Å². The van der Waals surface area contributed by atoms with E-state index in [1.165, 1.54) is 0 Å². The van der Waals surface area contributed by atoms with Crippen LogP contribution >= 0.6 is 24.0 Å². The average molecular weight is 482 g/mol. The lowest BCUT2D eigenvalue weighted by molar-refractivity contribution is 0.00526. The van der Waals surface area contributed by atoms with E-state index in [2.05, 4.69) is 4.99 Å². The van der Waals surface area contributed by atoms with Gasteiger partial charge < -0.3 is 15.4 Å². The molecule has 2 heterocycles. The van der Waals surface area contributed by atoms with Gasteiger partial charge in [0, 0.05) is 32.7 Å². The quantitative estimate of drug-likeness (QED) is 0.366. The molecule has 0 aromatic carbocycles. The van der Waals surface area contributed by atoms with Gasteiger partial charge in [-0.25, -0.2) is 8.42 Å². The summed E-state index contributed by atoms with van der Waals surface area (Å²) in [5.74, 6) is -2.73. The molecule has 2 rings (SSSR count). The Balaban J connectivity index is 0.00000288. The fraction of sp³-hybridized carbons (Fsp3) is 0.923. The number of alkyl halides is 2. The first-order valence-corrected chi connectivity index (χ1v) is 9.24. The van der Waals surface area contributed by atoms with Crippen molar-refractivity contribution in [1.29, 1.82) is 0 Å². The van der Waals surface area contributed by atoms with Gasteiger partial charge in [-0.1, -0.05) is 0 Å². The molecule has 2 aliphatic heterocycles. The van der Waals surface area contributed by atoms with Gasteiger partial charge in [-0.2, -0.15) is 13.1 Å². The van der Waals surface area contributed by atoms with E-state index >= 15 is 0 Å². The first-order chi connectivity index (χ1) is 10.8. The van der Waals surface area contributed by atoms with Gasteiger partial charge in [0.1, 0.15) is 0 Å². The zero-order valence-corrected chi connectivity index (χ0v) is 16.8. The van der Waals surface area contributed by atoms with Crippen LogP contribution in [0, 0.1) is 5.92 Å². The van der Waals surface area contributed by atoms with Crippen LogP contribution in [-0.4, -0.2) is 74.8 Å². The van der Waals surface area contributed by atoms with Gasteiger partial charge >= 0.3 is 5.76 Å². The number of guanidine groups is 1. The van der Waals surface area contributed by atoms with E-state index in [-0.39, 0.29) is 49.1 Å². The van der Waals surface area contributed by atoms with Crippen LogP contribution in [0.25, 0.3) is 0 Å². The molecule has 1 atom stereocenters. The SMILES string of the molecule is CC1CN(C(N)=NCC2CCN(S(=O)(=O)C(F)F)CC2)CCO1.I. The Morgan fingerprint density at radius 3 is 2.50 bits per heavy atom.